The molecule has 0 aliphatic heterocycles. The fraction of sp³-hybridized carbons (Fsp3) is 0.250. The van der Waals surface area contributed by atoms with Crippen molar-refractivity contribution in [3.8, 4) is 5.69 Å². The smallest absolute Gasteiger partial charge is 0.273 e. The maximum absolute atomic E-state index is 11.7. The highest BCUT2D eigenvalue weighted by atomic mass is 79.9. The molecule has 0 atom stereocenters. The lowest BCUT2D eigenvalue weighted by Gasteiger charge is -2.01. The van der Waals surface area contributed by atoms with Crippen molar-refractivity contribution in [1.29, 1.82) is 0 Å². The molecule has 1 amide bonds. The lowest BCUT2D eigenvalue weighted by molar-refractivity contribution is 0.0932. The molecule has 0 aliphatic rings. The highest BCUT2D eigenvalue weighted by Crippen LogP contribution is 2.13. The first-order valence-electron chi connectivity index (χ1n) is 5.66. The standard InChI is InChI=1S/C12H13BrN4O2/c1-19-7-6-14-12(18)11-8-17(16-15-11)10-4-2-9(13)3-5-10/h2-5,8H,6-7H2,1H3,(H,14,18). The van der Waals surface area contributed by atoms with E-state index in [0.717, 1.165) is 10.2 Å². The topological polar surface area (TPSA) is 69.0 Å². The van der Waals surface area contributed by atoms with E-state index in [1.54, 1.807) is 18.0 Å². The van der Waals surface area contributed by atoms with Gasteiger partial charge < -0.3 is 10.1 Å². The summed E-state index contributed by atoms with van der Waals surface area (Å²) in [6, 6.07) is 7.56. The second-order valence-corrected chi connectivity index (χ2v) is 4.69. The second kappa shape index (κ2) is 6.44. The van der Waals surface area contributed by atoms with Crippen molar-refractivity contribution in [2.24, 2.45) is 0 Å². The SMILES string of the molecule is COCCNC(=O)c1cn(-c2ccc(Br)cc2)nn1. The third-order valence-corrected chi connectivity index (χ3v) is 2.94. The van der Waals surface area contributed by atoms with Crippen molar-refractivity contribution in [1.82, 2.24) is 20.3 Å². The average molecular weight is 325 g/mol. The van der Waals surface area contributed by atoms with Crippen LogP contribution in [0.5, 0.6) is 0 Å². The van der Waals surface area contributed by atoms with Gasteiger partial charge in [-0.3, -0.25) is 4.79 Å². The van der Waals surface area contributed by atoms with Gasteiger partial charge in [-0.15, -0.1) is 5.10 Å². The summed E-state index contributed by atoms with van der Waals surface area (Å²) in [5.74, 6) is -0.264. The number of amides is 1. The molecule has 0 radical (unpaired) electrons. The quantitative estimate of drug-likeness (QED) is 0.844. The van der Waals surface area contributed by atoms with Crippen molar-refractivity contribution in [2.75, 3.05) is 20.3 Å². The Morgan fingerprint density at radius 3 is 2.84 bits per heavy atom. The van der Waals surface area contributed by atoms with Gasteiger partial charge in [0.25, 0.3) is 5.91 Å². The molecule has 1 aromatic carbocycles. The van der Waals surface area contributed by atoms with Crippen molar-refractivity contribution in [2.45, 2.75) is 0 Å². The molecule has 0 spiro atoms. The van der Waals surface area contributed by atoms with E-state index in [1.165, 1.54) is 0 Å². The van der Waals surface area contributed by atoms with Crippen LogP contribution in [0.3, 0.4) is 0 Å². The number of carbonyl (C=O) groups excluding carboxylic acids is 1. The summed E-state index contributed by atoms with van der Waals surface area (Å²) in [7, 11) is 1.58. The summed E-state index contributed by atoms with van der Waals surface area (Å²) in [5.41, 5.74) is 1.12. The van der Waals surface area contributed by atoms with Crippen molar-refractivity contribution in [3.63, 3.8) is 0 Å². The van der Waals surface area contributed by atoms with Crippen molar-refractivity contribution < 1.29 is 9.53 Å². The Bertz CT molecular complexity index is 553. The summed E-state index contributed by atoms with van der Waals surface area (Å²) in [6.45, 7) is 0.910. The summed E-state index contributed by atoms with van der Waals surface area (Å²) in [4.78, 5) is 11.7. The normalized spacial score (nSPS) is 10.4. The molecule has 1 heterocycles. The number of methoxy groups -OCH3 is 1. The van der Waals surface area contributed by atoms with Crippen LogP contribution in [0.4, 0.5) is 0 Å². The van der Waals surface area contributed by atoms with Crippen LogP contribution >= 0.6 is 15.9 Å². The zero-order valence-electron chi connectivity index (χ0n) is 10.3. The second-order valence-electron chi connectivity index (χ2n) is 3.77. The lowest BCUT2D eigenvalue weighted by atomic mass is 10.3. The molecule has 1 N–H and O–H groups in total. The number of nitrogens with zero attached hydrogens (tertiary/aromatic N) is 3. The molecule has 0 fully saturated rings. The Morgan fingerprint density at radius 2 is 2.16 bits per heavy atom. The fourth-order valence-electron chi connectivity index (χ4n) is 1.45. The predicted molar refractivity (Wildman–Crippen MR) is 73.3 cm³/mol. The first-order chi connectivity index (χ1) is 9.20. The monoisotopic (exact) mass is 324 g/mol. The average Bonchev–Trinajstić information content (AvgIpc) is 2.89. The van der Waals surface area contributed by atoms with Gasteiger partial charge in [-0.05, 0) is 24.3 Å². The Labute approximate surface area is 118 Å². The van der Waals surface area contributed by atoms with E-state index in [9.17, 15) is 4.79 Å². The molecular formula is C12H13BrN4O2. The number of carbonyl (C=O) groups is 1. The van der Waals surface area contributed by atoms with E-state index < -0.39 is 0 Å². The van der Waals surface area contributed by atoms with Gasteiger partial charge in [0.1, 0.15) is 0 Å². The van der Waals surface area contributed by atoms with Gasteiger partial charge in [-0.25, -0.2) is 4.68 Å². The van der Waals surface area contributed by atoms with Crippen LogP contribution in [0, 0.1) is 0 Å². The molecule has 0 unspecified atom stereocenters. The summed E-state index contributed by atoms with van der Waals surface area (Å²) in [6.07, 6.45) is 1.59. The number of aromatic nitrogens is 3. The van der Waals surface area contributed by atoms with Gasteiger partial charge in [0, 0.05) is 18.1 Å². The van der Waals surface area contributed by atoms with Gasteiger partial charge in [-0.1, -0.05) is 21.1 Å². The molecule has 0 bridgehead atoms. The van der Waals surface area contributed by atoms with Crippen LogP contribution in [-0.4, -0.2) is 41.2 Å². The van der Waals surface area contributed by atoms with Crippen LogP contribution in [0.15, 0.2) is 34.9 Å². The molecule has 1 aromatic heterocycles. The summed E-state index contributed by atoms with van der Waals surface area (Å²) >= 11 is 3.36. The molecule has 0 aliphatic carbocycles. The van der Waals surface area contributed by atoms with Crippen LogP contribution < -0.4 is 5.32 Å². The van der Waals surface area contributed by atoms with Crippen LogP contribution in [0.25, 0.3) is 5.69 Å². The number of benzene rings is 1. The third kappa shape index (κ3) is 3.62. The molecule has 100 valence electrons. The van der Waals surface area contributed by atoms with E-state index in [2.05, 4.69) is 31.6 Å². The molecule has 6 nitrogen and oxygen atoms in total. The van der Waals surface area contributed by atoms with Crippen molar-refractivity contribution in [3.05, 3.63) is 40.6 Å². The van der Waals surface area contributed by atoms with Gasteiger partial charge >= 0.3 is 0 Å². The maximum Gasteiger partial charge on any atom is 0.273 e. The van der Waals surface area contributed by atoms with Crippen LogP contribution in [0.1, 0.15) is 10.5 Å². The number of rotatable bonds is 5. The van der Waals surface area contributed by atoms with Crippen LogP contribution in [-0.2, 0) is 4.74 Å². The highest BCUT2D eigenvalue weighted by Gasteiger charge is 2.10. The molecule has 0 saturated carbocycles. The minimum Gasteiger partial charge on any atom is -0.383 e. The minimum atomic E-state index is -0.264. The summed E-state index contributed by atoms with van der Waals surface area (Å²) < 4.78 is 7.39. The molecule has 2 aromatic rings. The first-order valence-corrected chi connectivity index (χ1v) is 6.45. The molecule has 7 heteroatoms. The number of hydrogen-bond acceptors (Lipinski definition) is 4. The fourth-order valence-corrected chi connectivity index (χ4v) is 1.71. The van der Waals surface area contributed by atoms with Gasteiger partial charge in [0.15, 0.2) is 5.69 Å². The molecule has 0 saturated heterocycles. The predicted octanol–water partition coefficient (Wildman–Crippen LogP) is 1.41. The Hall–Kier alpha value is -1.73. The number of halogens is 1. The third-order valence-electron chi connectivity index (χ3n) is 2.41. The molecule has 2 rings (SSSR count). The number of hydrogen-bond donors (Lipinski definition) is 1. The number of ether oxygens (including phenoxy) is 1. The van der Waals surface area contributed by atoms with Crippen LogP contribution in [0.2, 0.25) is 0 Å². The summed E-state index contributed by atoms with van der Waals surface area (Å²) in [5, 5.41) is 10.5. The van der Waals surface area contributed by atoms with Gasteiger partial charge in [0.2, 0.25) is 0 Å². The van der Waals surface area contributed by atoms with E-state index >= 15 is 0 Å². The van der Waals surface area contributed by atoms with Crippen molar-refractivity contribution >= 4 is 21.8 Å². The molecule has 19 heavy (non-hydrogen) atoms. The maximum atomic E-state index is 11.7. The van der Waals surface area contributed by atoms with E-state index in [1.807, 2.05) is 24.3 Å². The highest BCUT2D eigenvalue weighted by molar-refractivity contribution is 9.10. The largest absolute Gasteiger partial charge is 0.383 e. The first kappa shape index (κ1) is 13.7. The Kier molecular flexibility index (Phi) is 4.64. The van der Waals surface area contributed by atoms with E-state index in [4.69, 9.17) is 4.74 Å². The van der Waals surface area contributed by atoms with E-state index in [0.29, 0.717) is 13.2 Å². The van der Waals surface area contributed by atoms with Gasteiger partial charge in [-0.2, -0.15) is 0 Å². The zero-order chi connectivity index (χ0) is 13.7. The lowest BCUT2D eigenvalue weighted by Crippen LogP contribution is -2.27. The Morgan fingerprint density at radius 1 is 1.42 bits per heavy atom. The molecular weight excluding hydrogens is 312 g/mol. The van der Waals surface area contributed by atoms with Gasteiger partial charge in [0.05, 0.1) is 18.5 Å². The van der Waals surface area contributed by atoms with E-state index in [-0.39, 0.29) is 11.6 Å². The Balaban J connectivity index is 2.06. The zero-order valence-corrected chi connectivity index (χ0v) is 11.9. The minimum absolute atomic E-state index is 0.264. The number of nitrogens with one attached hydrogen (secondary N) is 1.